The SMILES string of the molecule is CCCCCOC(=O)CCCCC(=O)Oc1ccc(Cl)c(C)c1. The average molecular weight is 341 g/mol. The first kappa shape index (κ1) is 19.5. The summed E-state index contributed by atoms with van der Waals surface area (Å²) in [7, 11) is 0. The van der Waals surface area contributed by atoms with Crippen LogP contribution >= 0.6 is 11.6 Å². The zero-order valence-corrected chi connectivity index (χ0v) is 14.7. The number of unbranched alkanes of at least 4 members (excludes halogenated alkanes) is 3. The quantitative estimate of drug-likeness (QED) is 0.347. The molecular formula is C18H25ClO4. The second kappa shape index (κ2) is 11.1. The third-order valence-corrected chi connectivity index (χ3v) is 3.81. The van der Waals surface area contributed by atoms with Crippen molar-refractivity contribution in [2.24, 2.45) is 0 Å². The molecule has 4 nitrogen and oxygen atoms in total. The maximum atomic E-state index is 11.7. The summed E-state index contributed by atoms with van der Waals surface area (Å²) in [4.78, 5) is 23.2. The summed E-state index contributed by atoms with van der Waals surface area (Å²) in [5.74, 6) is -0.00179. The van der Waals surface area contributed by atoms with Gasteiger partial charge in [-0.3, -0.25) is 9.59 Å². The molecule has 128 valence electrons. The van der Waals surface area contributed by atoms with Gasteiger partial charge in [0.25, 0.3) is 0 Å². The minimum absolute atomic E-state index is 0.192. The molecule has 0 aliphatic carbocycles. The highest BCUT2D eigenvalue weighted by Gasteiger charge is 2.08. The fraction of sp³-hybridized carbons (Fsp3) is 0.556. The molecule has 0 aliphatic heterocycles. The minimum Gasteiger partial charge on any atom is -0.466 e. The van der Waals surface area contributed by atoms with Crippen LogP contribution in [-0.4, -0.2) is 18.5 Å². The first-order valence-electron chi connectivity index (χ1n) is 8.15. The Labute approximate surface area is 143 Å². The molecule has 0 spiro atoms. The number of benzene rings is 1. The van der Waals surface area contributed by atoms with Crippen molar-refractivity contribution in [3.8, 4) is 5.75 Å². The lowest BCUT2D eigenvalue weighted by atomic mass is 10.2. The fourth-order valence-electron chi connectivity index (χ4n) is 2.01. The van der Waals surface area contributed by atoms with E-state index >= 15 is 0 Å². The summed E-state index contributed by atoms with van der Waals surface area (Å²) in [6.45, 7) is 4.45. The van der Waals surface area contributed by atoms with Crippen LogP contribution in [0.15, 0.2) is 18.2 Å². The van der Waals surface area contributed by atoms with Gasteiger partial charge in [-0.05, 0) is 49.9 Å². The molecule has 0 aliphatic rings. The largest absolute Gasteiger partial charge is 0.466 e. The molecule has 0 N–H and O–H groups in total. The van der Waals surface area contributed by atoms with Crippen molar-refractivity contribution in [3.63, 3.8) is 0 Å². The number of hydrogen-bond acceptors (Lipinski definition) is 4. The third kappa shape index (κ3) is 8.60. The summed E-state index contributed by atoms with van der Waals surface area (Å²) < 4.78 is 10.3. The highest BCUT2D eigenvalue weighted by Crippen LogP contribution is 2.21. The molecule has 0 bridgehead atoms. The highest BCUT2D eigenvalue weighted by atomic mass is 35.5. The van der Waals surface area contributed by atoms with Crippen molar-refractivity contribution < 1.29 is 19.1 Å². The van der Waals surface area contributed by atoms with E-state index in [2.05, 4.69) is 6.92 Å². The summed E-state index contributed by atoms with van der Waals surface area (Å²) in [5.41, 5.74) is 0.864. The van der Waals surface area contributed by atoms with Crippen LogP contribution in [0.1, 0.15) is 57.4 Å². The Morgan fingerprint density at radius 2 is 1.74 bits per heavy atom. The van der Waals surface area contributed by atoms with Gasteiger partial charge in [-0.1, -0.05) is 31.4 Å². The number of ether oxygens (including phenoxy) is 2. The topological polar surface area (TPSA) is 52.6 Å². The van der Waals surface area contributed by atoms with Gasteiger partial charge in [0.1, 0.15) is 5.75 Å². The van der Waals surface area contributed by atoms with Gasteiger partial charge in [0.05, 0.1) is 6.61 Å². The Kier molecular flexibility index (Phi) is 9.37. The Bertz CT molecular complexity index is 514. The van der Waals surface area contributed by atoms with Gasteiger partial charge in [0.15, 0.2) is 0 Å². The Morgan fingerprint density at radius 3 is 2.39 bits per heavy atom. The minimum atomic E-state index is -0.303. The van der Waals surface area contributed by atoms with Crippen LogP contribution in [0.4, 0.5) is 0 Å². The van der Waals surface area contributed by atoms with Crippen LogP contribution in [0.25, 0.3) is 0 Å². The molecule has 1 aromatic rings. The smallest absolute Gasteiger partial charge is 0.311 e. The number of carbonyl (C=O) groups excluding carboxylic acids is 2. The van der Waals surface area contributed by atoms with E-state index in [0.29, 0.717) is 36.6 Å². The number of aryl methyl sites for hydroxylation is 1. The predicted octanol–water partition coefficient (Wildman–Crippen LogP) is 4.85. The van der Waals surface area contributed by atoms with E-state index in [1.807, 2.05) is 6.92 Å². The molecule has 0 unspecified atom stereocenters. The normalized spacial score (nSPS) is 10.4. The third-order valence-electron chi connectivity index (χ3n) is 3.38. The first-order valence-corrected chi connectivity index (χ1v) is 8.53. The van der Waals surface area contributed by atoms with E-state index in [9.17, 15) is 9.59 Å². The van der Waals surface area contributed by atoms with E-state index in [-0.39, 0.29) is 18.4 Å². The molecule has 0 saturated heterocycles. The van der Waals surface area contributed by atoms with Gasteiger partial charge in [-0.2, -0.15) is 0 Å². The molecule has 0 atom stereocenters. The molecular weight excluding hydrogens is 316 g/mol. The molecule has 23 heavy (non-hydrogen) atoms. The number of halogens is 1. The maximum Gasteiger partial charge on any atom is 0.311 e. The molecule has 0 aromatic heterocycles. The standard InChI is InChI=1S/C18H25ClO4/c1-3-4-7-12-22-17(20)8-5-6-9-18(21)23-15-10-11-16(19)14(2)13-15/h10-11,13H,3-9,12H2,1-2H3. The molecule has 0 heterocycles. The van der Waals surface area contributed by atoms with Gasteiger partial charge in [0, 0.05) is 17.9 Å². The maximum absolute atomic E-state index is 11.7. The summed E-state index contributed by atoms with van der Waals surface area (Å²) in [5, 5.41) is 0.641. The van der Waals surface area contributed by atoms with Gasteiger partial charge >= 0.3 is 11.9 Å². The highest BCUT2D eigenvalue weighted by molar-refractivity contribution is 6.31. The zero-order valence-electron chi connectivity index (χ0n) is 13.9. The Morgan fingerprint density at radius 1 is 1.04 bits per heavy atom. The van der Waals surface area contributed by atoms with Crippen LogP contribution in [0, 0.1) is 6.92 Å². The van der Waals surface area contributed by atoms with Crippen molar-refractivity contribution in [2.75, 3.05) is 6.61 Å². The van der Waals surface area contributed by atoms with Crippen molar-refractivity contribution in [1.82, 2.24) is 0 Å². The van der Waals surface area contributed by atoms with E-state index in [1.165, 1.54) is 0 Å². The lowest BCUT2D eigenvalue weighted by Crippen LogP contribution is -2.09. The fourth-order valence-corrected chi connectivity index (χ4v) is 2.13. The van der Waals surface area contributed by atoms with E-state index in [0.717, 1.165) is 24.8 Å². The van der Waals surface area contributed by atoms with E-state index in [1.54, 1.807) is 18.2 Å². The Hall–Kier alpha value is -1.55. The van der Waals surface area contributed by atoms with Crippen LogP contribution in [0.3, 0.4) is 0 Å². The number of esters is 2. The van der Waals surface area contributed by atoms with Crippen molar-refractivity contribution in [2.45, 2.75) is 58.8 Å². The van der Waals surface area contributed by atoms with Gasteiger partial charge in [-0.15, -0.1) is 0 Å². The number of hydrogen-bond donors (Lipinski definition) is 0. The summed E-state index contributed by atoms with van der Waals surface area (Å²) in [6, 6.07) is 5.10. The van der Waals surface area contributed by atoms with Crippen molar-refractivity contribution >= 4 is 23.5 Å². The molecule has 1 rings (SSSR count). The van der Waals surface area contributed by atoms with E-state index < -0.39 is 0 Å². The van der Waals surface area contributed by atoms with Crippen molar-refractivity contribution in [3.05, 3.63) is 28.8 Å². The lowest BCUT2D eigenvalue weighted by molar-refractivity contribution is -0.144. The Balaban J connectivity index is 2.14. The number of rotatable bonds is 10. The predicted molar refractivity (Wildman–Crippen MR) is 90.8 cm³/mol. The zero-order chi connectivity index (χ0) is 17.1. The monoisotopic (exact) mass is 340 g/mol. The van der Waals surface area contributed by atoms with Crippen molar-refractivity contribution in [1.29, 1.82) is 0 Å². The van der Waals surface area contributed by atoms with Crippen LogP contribution < -0.4 is 4.74 Å². The second-order valence-corrected chi connectivity index (χ2v) is 5.93. The summed E-state index contributed by atoms with van der Waals surface area (Å²) in [6.07, 6.45) is 4.95. The van der Waals surface area contributed by atoms with Gasteiger partial charge in [-0.25, -0.2) is 0 Å². The number of carbonyl (C=O) groups is 2. The molecule has 0 amide bonds. The van der Waals surface area contributed by atoms with Gasteiger partial charge < -0.3 is 9.47 Å². The van der Waals surface area contributed by atoms with Crippen LogP contribution in [-0.2, 0) is 14.3 Å². The first-order chi connectivity index (χ1) is 11.0. The average Bonchev–Trinajstić information content (AvgIpc) is 2.52. The second-order valence-electron chi connectivity index (χ2n) is 5.52. The molecule has 5 heteroatoms. The van der Waals surface area contributed by atoms with Gasteiger partial charge in [0.2, 0.25) is 0 Å². The van der Waals surface area contributed by atoms with Crippen LogP contribution in [0.5, 0.6) is 5.75 Å². The molecule has 0 saturated carbocycles. The van der Waals surface area contributed by atoms with Crippen LogP contribution in [0.2, 0.25) is 5.02 Å². The molecule has 1 aromatic carbocycles. The lowest BCUT2D eigenvalue weighted by Gasteiger charge is -2.06. The van der Waals surface area contributed by atoms with E-state index in [4.69, 9.17) is 21.1 Å². The molecule has 0 radical (unpaired) electrons. The summed E-state index contributed by atoms with van der Waals surface area (Å²) >= 11 is 5.92. The molecule has 0 fully saturated rings.